The predicted octanol–water partition coefficient (Wildman–Crippen LogP) is 6.00. The number of likely N-dealkylation sites (tertiary alicyclic amines) is 1. The van der Waals surface area contributed by atoms with Crippen molar-refractivity contribution in [1.82, 2.24) is 19.4 Å². The lowest BCUT2D eigenvalue weighted by Crippen LogP contribution is -2.31. The van der Waals surface area contributed by atoms with Crippen molar-refractivity contribution < 1.29 is 13.5 Å². The van der Waals surface area contributed by atoms with Crippen LogP contribution in [0.2, 0.25) is 0 Å². The second kappa shape index (κ2) is 14.8. The van der Waals surface area contributed by atoms with Crippen LogP contribution in [0.25, 0.3) is 11.0 Å². The molecule has 0 amide bonds. The number of aromatic nitrogens is 2. The third kappa shape index (κ3) is 8.28. The average molecular weight is 571 g/mol. The Morgan fingerprint density at radius 3 is 2.33 bits per heavy atom. The minimum absolute atomic E-state index is 0.514. The topological polar surface area (TPSA) is 78.7 Å². The fraction of sp³-hybridized carbons (Fsp3) is 0.656. The van der Waals surface area contributed by atoms with E-state index in [0.717, 1.165) is 87.1 Å². The van der Waals surface area contributed by atoms with Gasteiger partial charge in [0.15, 0.2) is 9.84 Å². The van der Waals surface area contributed by atoms with Crippen LogP contribution in [0.15, 0.2) is 40.8 Å². The zero-order valence-electron chi connectivity index (χ0n) is 24.9. The van der Waals surface area contributed by atoms with Crippen molar-refractivity contribution >= 4 is 20.9 Å². The van der Waals surface area contributed by atoms with Gasteiger partial charge in [-0.2, -0.15) is 0 Å². The molecule has 1 atom stereocenters. The van der Waals surface area contributed by atoms with E-state index < -0.39 is 16.1 Å². The fourth-order valence-corrected chi connectivity index (χ4v) is 6.77. The van der Waals surface area contributed by atoms with Gasteiger partial charge < -0.3 is 14.6 Å². The van der Waals surface area contributed by atoms with Gasteiger partial charge in [-0.05, 0) is 88.4 Å². The highest BCUT2D eigenvalue weighted by atomic mass is 32.2. The Morgan fingerprint density at radius 1 is 0.975 bits per heavy atom. The number of benzene rings is 1. The molecule has 7 nitrogen and oxygen atoms in total. The highest BCUT2D eigenvalue weighted by Gasteiger charge is 2.21. The summed E-state index contributed by atoms with van der Waals surface area (Å²) in [4.78, 5) is 10.4. The van der Waals surface area contributed by atoms with E-state index >= 15 is 0 Å². The molecule has 0 saturated carbocycles. The maximum absolute atomic E-state index is 12.0. The molecule has 2 aromatic rings. The summed E-state index contributed by atoms with van der Waals surface area (Å²) in [6.07, 6.45) is 15.8. The van der Waals surface area contributed by atoms with E-state index in [-0.39, 0.29) is 0 Å². The Labute approximate surface area is 241 Å². The molecule has 8 heteroatoms. The highest BCUT2D eigenvalue weighted by Crippen LogP contribution is 2.29. The lowest BCUT2D eigenvalue weighted by Gasteiger charge is -2.28. The van der Waals surface area contributed by atoms with Crippen molar-refractivity contribution in [1.29, 1.82) is 0 Å². The Bertz CT molecular complexity index is 1270. The summed E-state index contributed by atoms with van der Waals surface area (Å²) in [6, 6.07) is 6.25. The number of aryl methyl sites for hydroxylation is 1. The number of hydrogen-bond donors (Lipinski definition) is 1. The number of sulfone groups is 1. The SMILES string of the molecule is CCCCN(CCCC)C(O)c1ccc2nc(CC3=CC=C(S(C)(=O)=O)CC3)n(CCCN3CCCCC3)c2c1. The van der Waals surface area contributed by atoms with Gasteiger partial charge in [0.05, 0.1) is 11.0 Å². The molecule has 2 heterocycles. The number of allylic oxidation sites excluding steroid dienone is 4. The number of nitrogens with zero attached hydrogens (tertiary/aromatic N) is 4. The first kappa shape index (κ1) is 30.9. The second-order valence-corrected chi connectivity index (χ2v) is 13.8. The number of aliphatic hydroxyl groups is 1. The molecule has 40 heavy (non-hydrogen) atoms. The van der Waals surface area contributed by atoms with Crippen LogP contribution in [0.5, 0.6) is 0 Å². The number of piperidine rings is 1. The van der Waals surface area contributed by atoms with Gasteiger partial charge in [-0.1, -0.05) is 50.8 Å². The van der Waals surface area contributed by atoms with Gasteiger partial charge in [-0.15, -0.1) is 0 Å². The average Bonchev–Trinajstić information content (AvgIpc) is 3.29. The molecule has 1 aromatic heterocycles. The molecular weight excluding hydrogens is 520 g/mol. The van der Waals surface area contributed by atoms with Crippen molar-refractivity contribution in [2.45, 2.75) is 97.2 Å². The third-order valence-electron chi connectivity index (χ3n) is 8.46. The van der Waals surface area contributed by atoms with Gasteiger partial charge >= 0.3 is 0 Å². The van der Waals surface area contributed by atoms with Gasteiger partial charge in [0.1, 0.15) is 12.1 Å². The van der Waals surface area contributed by atoms with E-state index in [1.807, 2.05) is 12.1 Å². The molecule has 1 unspecified atom stereocenters. The summed E-state index contributed by atoms with van der Waals surface area (Å²) < 4.78 is 26.3. The van der Waals surface area contributed by atoms with Gasteiger partial charge in [-0.25, -0.2) is 13.4 Å². The van der Waals surface area contributed by atoms with Crippen molar-refractivity contribution in [3.63, 3.8) is 0 Å². The molecule has 1 aliphatic heterocycles. The minimum atomic E-state index is -3.14. The molecule has 2 aliphatic rings. The van der Waals surface area contributed by atoms with Crippen LogP contribution in [0.1, 0.15) is 95.7 Å². The quantitative estimate of drug-likeness (QED) is 0.265. The second-order valence-electron chi connectivity index (χ2n) is 11.7. The van der Waals surface area contributed by atoms with E-state index in [9.17, 15) is 13.5 Å². The van der Waals surface area contributed by atoms with Crippen molar-refractivity contribution in [2.24, 2.45) is 0 Å². The Kier molecular flexibility index (Phi) is 11.4. The summed E-state index contributed by atoms with van der Waals surface area (Å²) in [5.41, 5.74) is 4.19. The maximum Gasteiger partial charge on any atom is 0.171 e. The summed E-state index contributed by atoms with van der Waals surface area (Å²) >= 11 is 0. The molecule has 0 spiro atoms. The zero-order valence-corrected chi connectivity index (χ0v) is 25.8. The highest BCUT2D eigenvalue weighted by molar-refractivity contribution is 7.94. The van der Waals surface area contributed by atoms with Crippen LogP contribution in [0.3, 0.4) is 0 Å². The lowest BCUT2D eigenvalue weighted by atomic mass is 10.0. The fourth-order valence-electron chi connectivity index (χ4n) is 5.98. The third-order valence-corrected chi connectivity index (χ3v) is 9.75. The minimum Gasteiger partial charge on any atom is -0.374 e. The van der Waals surface area contributed by atoms with E-state index in [4.69, 9.17) is 4.98 Å². The van der Waals surface area contributed by atoms with Gasteiger partial charge in [0.2, 0.25) is 0 Å². The van der Waals surface area contributed by atoms with Crippen LogP contribution >= 0.6 is 0 Å². The normalized spacial score (nSPS) is 17.8. The molecule has 1 N–H and O–H groups in total. The van der Waals surface area contributed by atoms with Gasteiger partial charge in [0.25, 0.3) is 0 Å². The monoisotopic (exact) mass is 570 g/mol. The van der Waals surface area contributed by atoms with Crippen LogP contribution in [0, 0.1) is 0 Å². The smallest absolute Gasteiger partial charge is 0.171 e. The van der Waals surface area contributed by atoms with Gasteiger partial charge in [-0.3, -0.25) is 4.90 Å². The lowest BCUT2D eigenvalue weighted by molar-refractivity contribution is -0.00000705. The number of hydrogen-bond acceptors (Lipinski definition) is 6. The summed E-state index contributed by atoms with van der Waals surface area (Å²) in [5.74, 6) is 1.02. The van der Waals surface area contributed by atoms with Gasteiger partial charge in [0, 0.05) is 37.2 Å². The molecule has 222 valence electrons. The number of rotatable bonds is 15. The standard InChI is InChI=1S/C32H50N4O3S/c1-4-6-21-35(22-7-5-2)32(37)27-14-17-29-30(25-27)36(23-11-20-34-18-9-8-10-19-34)31(33-29)24-26-12-15-28(16-13-26)40(3,38)39/h12,14-15,17,25,32,37H,4-11,13,16,18-24H2,1-3H3. The Hall–Kier alpha value is -2.00. The molecule has 0 bridgehead atoms. The molecule has 1 saturated heterocycles. The molecular formula is C32H50N4O3S. The zero-order chi connectivity index (χ0) is 28.5. The first-order chi connectivity index (χ1) is 19.3. The predicted molar refractivity (Wildman–Crippen MR) is 165 cm³/mol. The van der Waals surface area contributed by atoms with E-state index in [1.54, 1.807) is 6.08 Å². The van der Waals surface area contributed by atoms with E-state index in [0.29, 0.717) is 17.7 Å². The summed E-state index contributed by atoms with van der Waals surface area (Å²) in [5, 5.41) is 11.4. The first-order valence-electron chi connectivity index (χ1n) is 15.5. The maximum atomic E-state index is 12.0. The number of aliphatic hydroxyl groups excluding tert-OH is 1. The number of imidazole rings is 1. The van der Waals surface area contributed by atoms with Crippen LogP contribution < -0.4 is 0 Å². The number of unbranched alkanes of at least 4 members (excludes halogenated alkanes) is 2. The van der Waals surface area contributed by atoms with Crippen molar-refractivity contribution in [3.05, 3.63) is 52.2 Å². The Balaban J connectivity index is 1.61. The first-order valence-corrected chi connectivity index (χ1v) is 17.4. The molecule has 1 aromatic carbocycles. The van der Waals surface area contributed by atoms with Crippen molar-refractivity contribution in [3.8, 4) is 0 Å². The Morgan fingerprint density at radius 2 is 1.70 bits per heavy atom. The van der Waals surface area contributed by atoms with Crippen LogP contribution in [-0.2, 0) is 22.8 Å². The molecule has 1 fully saturated rings. The van der Waals surface area contributed by atoms with E-state index in [2.05, 4.69) is 40.3 Å². The molecule has 1 aliphatic carbocycles. The summed E-state index contributed by atoms with van der Waals surface area (Å²) in [6.45, 7) is 10.5. The van der Waals surface area contributed by atoms with Crippen LogP contribution in [0.4, 0.5) is 0 Å². The van der Waals surface area contributed by atoms with Crippen molar-refractivity contribution in [2.75, 3.05) is 39.0 Å². The van der Waals surface area contributed by atoms with Crippen LogP contribution in [-0.4, -0.2) is 71.9 Å². The summed E-state index contributed by atoms with van der Waals surface area (Å²) in [7, 11) is -3.14. The number of fused-ring (bicyclic) bond motifs is 1. The molecule has 0 radical (unpaired) electrons. The largest absolute Gasteiger partial charge is 0.374 e. The molecule has 4 rings (SSSR count). The van der Waals surface area contributed by atoms with E-state index in [1.165, 1.54) is 44.2 Å².